The Hall–Kier alpha value is -2.80. The Kier molecular flexibility index (Phi) is 5.82. The summed E-state index contributed by atoms with van der Waals surface area (Å²) < 4.78 is 13.3. The summed E-state index contributed by atoms with van der Waals surface area (Å²) in [5, 5.41) is 5.23. The molecule has 4 N–H and O–H groups in total. The minimum Gasteiger partial charge on any atom is -0.398 e. The maximum atomic E-state index is 13.3. The lowest BCUT2D eigenvalue weighted by Gasteiger charge is -2.13. The Labute approximate surface area is 149 Å². The van der Waals surface area contributed by atoms with Gasteiger partial charge < -0.3 is 21.3 Å². The quantitative estimate of drug-likeness (QED) is 0.728. The molecule has 2 aromatic rings. The molecular formula is C17H18ClFN4O2. The van der Waals surface area contributed by atoms with Crippen molar-refractivity contribution in [3.8, 4) is 0 Å². The van der Waals surface area contributed by atoms with Crippen LogP contribution in [0.4, 0.5) is 20.6 Å². The van der Waals surface area contributed by atoms with Crippen molar-refractivity contribution in [2.75, 3.05) is 25.1 Å². The fourth-order valence-electron chi connectivity index (χ4n) is 2.03. The van der Waals surface area contributed by atoms with E-state index in [9.17, 15) is 14.0 Å². The second kappa shape index (κ2) is 7.85. The van der Waals surface area contributed by atoms with Gasteiger partial charge >= 0.3 is 6.03 Å². The number of nitrogen functional groups attached to an aromatic ring is 1. The predicted octanol–water partition coefficient (Wildman–Crippen LogP) is 3.08. The number of hydrogen-bond acceptors (Lipinski definition) is 3. The molecule has 132 valence electrons. The van der Waals surface area contributed by atoms with E-state index in [0.29, 0.717) is 5.69 Å². The number of urea groups is 1. The number of nitrogens with two attached hydrogens (primary N) is 1. The van der Waals surface area contributed by atoms with Crippen molar-refractivity contribution >= 4 is 34.9 Å². The largest absolute Gasteiger partial charge is 0.398 e. The smallest absolute Gasteiger partial charge is 0.321 e. The average Bonchev–Trinajstić information content (AvgIpc) is 2.56. The molecule has 0 aromatic heterocycles. The highest BCUT2D eigenvalue weighted by atomic mass is 35.5. The van der Waals surface area contributed by atoms with Crippen LogP contribution in [0.1, 0.15) is 15.9 Å². The number of carbonyl (C=O) groups excluding carboxylic acids is 2. The summed E-state index contributed by atoms with van der Waals surface area (Å²) in [6.07, 6.45) is 0. The van der Waals surface area contributed by atoms with Crippen LogP contribution < -0.4 is 16.4 Å². The molecule has 8 heteroatoms. The standard InChI is InChI=1S/C17H18ClFN4O2/c1-23(2)17(25)22-11-5-3-4-10(6-11)9-21-16(24)12-7-13(18)14(19)8-15(12)20/h3-8H,9,20H2,1-2H3,(H,21,24)(H,22,25). The fraction of sp³-hybridized carbons (Fsp3) is 0.176. The van der Waals surface area contributed by atoms with E-state index in [0.717, 1.165) is 11.6 Å². The minimum absolute atomic E-state index is 0.00592. The first-order chi connectivity index (χ1) is 11.8. The van der Waals surface area contributed by atoms with Crippen LogP contribution in [0.3, 0.4) is 0 Å². The van der Waals surface area contributed by atoms with E-state index in [1.165, 1.54) is 11.0 Å². The zero-order chi connectivity index (χ0) is 18.6. The maximum absolute atomic E-state index is 13.3. The number of halogens is 2. The average molecular weight is 365 g/mol. The first-order valence-electron chi connectivity index (χ1n) is 7.38. The van der Waals surface area contributed by atoms with Crippen LogP contribution in [0.15, 0.2) is 36.4 Å². The first kappa shape index (κ1) is 18.5. The van der Waals surface area contributed by atoms with Crippen molar-refractivity contribution in [1.29, 1.82) is 0 Å². The first-order valence-corrected chi connectivity index (χ1v) is 7.75. The van der Waals surface area contributed by atoms with Crippen molar-refractivity contribution in [2.24, 2.45) is 0 Å². The van der Waals surface area contributed by atoms with Crippen molar-refractivity contribution in [3.05, 3.63) is 58.4 Å². The third-order valence-corrected chi connectivity index (χ3v) is 3.66. The monoisotopic (exact) mass is 364 g/mol. The molecule has 6 nitrogen and oxygen atoms in total. The number of benzene rings is 2. The number of nitrogens with one attached hydrogen (secondary N) is 2. The van der Waals surface area contributed by atoms with Crippen LogP contribution in [0.25, 0.3) is 0 Å². The highest BCUT2D eigenvalue weighted by Crippen LogP contribution is 2.22. The Morgan fingerprint density at radius 2 is 1.96 bits per heavy atom. The number of amides is 3. The van der Waals surface area contributed by atoms with Crippen molar-refractivity contribution in [2.45, 2.75) is 6.54 Å². The van der Waals surface area contributed by atoms with Gasteiger partial charge in [-0.3, -0.25) is 4.79 Å². The van der Waals surface area contributed by atoms with Gasteiger partial charge in [0, 0.05) is 32.0 Å². The van der Waals surface area contributed by atoms with Crippen molar-refractivity contribution in [3.63, 3.8) is 0 Å². The second-order valence-corrected chi connectivity index (χ2v) is 5.97. The molecule has 0 saturated heterocycles. The summed E-state index contributed by atoms with van der Waals surface area (Å²) in [7, 11) is 3.27. The maximum Gasteiger partial charge on any atom is 0.321 e. The van der Waals surface area contributed by atoms with Crippen LogP contribution in [0.2, 0.25) is 5.02 Å². The molecule has 0 aliphatic rings. The fourth-order valence-corrected chi connectivity index (χ4v) is 2.19. The zero-order valence-electron chi connectivity index (χ0n) is 13.8. The van der Waals surface area contributed by atoms with Gasteiger partial charge in [0.15, 0.2) is 0 Å². The van der Waals surface area contributed by atoms with Crippen molar-refractivity contribution in [1.82, 2.24) is 10.2 Å². The summed E-state index contributed by atoms with van der Waals surface area (Å²) in [4.78, 5) is 25.3. The highest BCUT2D eigenvalue weighted by molar-refractivity contribution is 6.31. The summed E-state index contributed by atoms with van der Waals surface area (Å²) >= 11 is 5.69. The van der Waals surface area contributed by atoms with Crippen LogP contribution >= 0.6 is 11.6 Å². The zero-order valence-corrected chi connectivity index (χ0v) is 14.5. The van der Waals surface area contributed by atoms with E-state index < -0.39 is 11.7 Å². The molecule has 0 unspecified atom stereocenters. The van der Waals surface area contributed by atoms with E-state index in [2.05, 4.69) is 10.6 Å². The van der Waals surface area contributed by atoms with Gasteiger partial charge in [-0.1, -0.05) is 23.7 Å². The molecule has 0 aliphatic carbocycles. The Morgan fingerprint density at radius 1 is 1.24 bits per heavy atom. The molecule has 0 spiro atoms. The molecular weight excluding hydrogens is 347 g/mol. The topological polar surface area (TPSA) is 87.5 Å². The summed E-state index contributed by atoms with van der Waals surface area (Å²) in [6.45, 7) is 0.207. The summed E-state index contributed by atoms with van der Waals surface area (Å²) in [5.41, 5.74) is 7.14. The van der Waals surface area contributed by atoms with E-state index in [4.69, 9.17) is 17.3 Å². The van der Waals surface area contributed by atoms with Gasteiger partial charge in [0.05, 0.1) is 10.6 Å². The van der Waals surface area contributed by atoms with E-state index >= 15 is 0 Å². The SMILES string of the molecule is CN(C)C(=O)Nc1cccc(CNC(=O)c2cc(Cl)c(F)cc2N)c1. The van der Waals surface area contributed by atoms with Crippen LogP contribution in [-0.4, -0.2) is 30.9 Å². The van der Waals surface area contributed by atoms with Crippen molar-refractivity contribution < 1.29 is 14.0 Å². The predicted molar refractivity (Wildman–Crippen MR) is 96.1 cm³/mol. The Balaban J connectivity index is 2.05. The molecule has 0 heterocycles. The number of carbonyl (C=O) groups is 2. The molecule has 0 bridgehead atoms. The normalized spacial score (nSPS) is 10.2. The summed E-state index contributed by atoms with van der Waals surface area (Å²) in [5.74, 6) is -1.15. The summed E-state index contributed by atoms with van der Waals surface area (Å²) in [6, 6.07) is 8.98. The van der Waals surface area contributed by atoms with E-state index in [1.807, 2.05) is 0 Å². The van der Waals surface area contributed by atoms with Gasteiger partial charge in [-0.2, -0.15) is 0 Å². The Morgan fingerprint density at radius 3 is 2.64 bits per heavy atom. The van der Waals surface area contributed by atoms with Crippen LogP contribution in [0.5, 0.6) is 0 Å². The number of nitrogens with zero attached hydrogens (tertiary/aromatic N) is 1. The lowest BCUT2D eigenvalue weighted by atomic mass is 10.1. The molecule has 2 rings (SSSR count). The minimum atomic E-state index is -0.681. The molecule has 0 saturated carbocycles. The number of hydrogen-bond donors (Lipinski definition) is 3. The third kappa shape index (κ3) is 4.84. The van der Waals surface area contributed by atoms with Gasteiger partial charge in [-0.05, 0) is 29.8 Å². The highest BCUT2D eigenvalue weighted by Gasteiger charge is 2.13. The van der Waals surface area contributed by atoms with E-state index in [1.54, 1.807) is 38.4 Å². The molecule has 25 heavy (non-hydrogen) atoms. The Bertz CT molecular complexity index is 811. The van der Waals surface area contributed by atoms with Gasteiger partial charge in [-0.15, -0.1) is 0 Å². The van der Waals surface area contributed by atoms with Gasteiger partial charge in [-0.25, -0.2) is 9.18 Å². The molecule has 0 fully saturated rings. The van der Waals surface area contributed by atoms with Gasteiger partial charge in [0.2, 0.25) is 0 Å². The van der Waals surface area contributed by atoms with Crippen LogP contribution in [0, 0.1) is 5.82 Å². The van der Waals surface area contributed by atoms with Gasteiger partial charge in [0.1, 0.15) is 5.82 Å². The lowest BCUT2D eigenvalue weighted by molar-refractivity contribution is 0.0951. The van der Waals surface area contributed by atoms with Gasteiger partial charge in [0.25, 0.3) is 5.91 Å². The van der Waals surface area contributed by atoms with Crippen LogP contribution in [-0.2, 0) is 6.54 Å². The molecule has 0 radical (unpaired) electrons. The molecule has 0 aliphatic heterocycles. The van der Waals surface area contributed by atoms with E-state index in [-0.39, 0.29) is 28.8 Å². The lowest BCUT2D eigenvalue weighted by Crippen LogP contribution is -2.27. The number of rotatable bonds is 4. The number of anilines is 2. The second-order valence-electron chi connectivity index (χ2n) is 5.56. The molecule has 0 atom stereocenters. The third-order valence-electron chi connectivity index (χ3n) is 3.37. The molecule has 3 amide bonds. The molecule has 2 aromatic carbocycles.